The molecule has 0 fully saturated rings. The van der Waals surface area contributed by atoms with Crippen molar-refractivity contribution in [2.24, 2.45) is 5.92 Å². The summed E-state index contributed by atoms with van der Waals surface area (Å²) in [6.07, 6.45) is 3.92. The number of aliphatic hydroxyl groups excluding tert-OH is 1. The summed E-state index contributed by atoms with van der Waals surface area (Å²) in [6.45, 7) is 4.18. The van der Waals surface area contributed by atoms with Crippen LogP contribution < -0.4 is 0 Å². The molecule has 0 amide bonds. The van der Waals surface area contributed by atoms with Crippen molar-refractivity contribution >= 4 is 0 Å². The van der Waals surface area contributed by atoms with Crippen LogP contribution >= 0.6 is 0 Å². The Hall–Kier alpha value is -0.300. The SMILES string of the molecule is CC=C[C@@H](C)CO. The second kappa shape index (κ2) is 3.88. The Morgan fingerprint density at radius 1 is 1.71 bits per heavy atom. The Bertz CT molecular complexity index is 57.2. The predicted molar refractivity (Wildman–Crippen MR) is 31.1 cm³/mol. The van der Waals surface area contributed by atoms with Crippen LogP contribution in [0.4, 0.5) is 0 Å². The Balaban J connectivity index is 3.16. The molecule has 0 spiro atoms. The quantitative estimate of drug-likeness (QED) is 0.517. The van der Waals surface area contributed by atoms with E-state index in [-0.39, 0.29) is 6.61 Å². The highest BCUT2D eigenvalue weighted by Crippen LogP contribution is 1.92. The monoisotopic (exact) mass is 100 g/mol. The Kier molecular flexibility index (Phi) is 3.71. The van der Waals surface area contributed by atoms with E-state index in [2.05, 4.69) is 0 Å². The highest BCUT2D eigenvalue weighted by Gasteiger charge is 1.87. The van der Waals surface area contributed by atoms with E-state index >= 15 is 0 Å². The molecule has 0 aromatic rings. The van der Waals surface area contributed by atoms with Gasteiger partial charge >= 0.3 is 0 Å². The van der Waals surface area contributed by atoms with Gasteiger partial charge in [-0.3, -0.25) is 0 Å². The first-order valence-corrected chi connectivity index (χ1v) is 2.55. The Labute approximate surface area is 44.7 Å². The lowest BCUT2D eigenvalue weighted by Gasteiger charge is -1.95. The van der Waals surface area contributed by atoms with Gasteiger partial charge in [0.05, 0.1) is 0 Å². The average molecular weight is 100 g/mol. The lowest BCUT2D eigenvalue weighted by molar-refractivity contribution is 0.262. The van der Waals surface area contributed by atoms with Gasteiger partial charge in [0.25, 0.3) is 0 Å². The molecule has 0 aromatic carbocycles. The summed E-state index contributed by atoms with van der Waals surface area (Å²) < 4.78 is 0. The van der Waals surface area contributed by atoms with Gasteiger partial charge in [-0.25, -0.2) is 0 Å². The summed E-state index contributed by atoms with van der Waals surface area (Å²) in [5.41, 5.74) is 0. The third-order valence-corrected chi connectivity index (χ3v) is 0.809. The summed E-state index contributed by atoms with van der Waals surface area (Å²) in [4.78, 5) is 0. The van der Waals surface area contributed by atoms with Crippen LogP contribution in [0.3, 0.4) is 0 Å². The lowest BCUT2D eigenvalue weighted by Crippen LogP contribution is -1.93. The van der Waals surface area contributed by atoms with Gasteiger partial charge in [-0.1, -0.05) is 19.1 Å². The van der Waals surface area contributed by atoms with Gasteiger partial charge in [0.15, 0.2) is 0 Å². The minimum absolute atomic E-state index is 0.254. The standard InChI is InChI=1S/C6H12O/c1-3-4-6(2)5-7/h3-4,6-7H,5H2,1-2H3/t6-/m1/s1. The molecule has 0 heterocycles. The molecular formula is C6H12O. The fraction of sp³-hybridized carbons (Fsp3) is 0.667. The number of hydrogen-bond donors (Lipinski definition) is 1. The van der Waals surface area contributed by atoms with Gasteiger partial charge in [0, 0.05) is 6.61 Å². The van der Waals surface area contributed by atoms with Gasteiger partial charge in [-0.05, 0) is 12.8 Å². The smallest absolute Gasteiger partial charge is 0.0491 e. The summed E-state index contributed by atoms with van der Waals surface area (Å²) in [7, 11) is 0. The van der Waals surface area contributed by atoms with Crippen molar-refractivity contribution in [1.82, 2.24) is 0 Å². The van der Waals surface area contributed by atoms with Crippen LogP contribution in [0.25, 0.3) is 0 Å². The third-order valence-electron chi connectivity index (χ3n) is 0.809. The predicted octanol–water partition coefficient (Wildman–Crippen LogP) is 1.19. The fourth-order valence-corrected chi connectivity index (χ4v) is 0.389. The normalized spacial score (nSPS) is 15.3. The first-order valence-electron chi connectivity index (χ1n) is 2.55. The zero-order valence-corrected chi connectivity index (χ0v) is 4.89. The van der Waals surface area contributed by atoms with Gasteiger partial charge in [0.1, 0.15) is 0 Å². The molecule has 0 bridgehead atoms. The number of aliphatic hydroxyl groups is 1. The molecule has 7 heavy (non-hydrogen) atoms. The highest BCUT2D eigenvalue weighted by atomic mass is 16.3. The molecule has 42 valence electrons. The van der Waals surface area contributed by atoms with Crippen LogP contribution in [0.15, 0.2) is 12.2 Å². The van der Waals surface area contributed by atoms with E-state index in [4.69, 9.17) is 5.11 Å². The molecule has 1 N–H and O–H groups in total. The fourth-order valence-electron chi connectivity index (χ4n) is 0.389. The van der Waals surface area contributed by atoms with Gasteiger partial charge in [-0.15, -0.1) is 0 Å². The van der Waals surface area contributed by atoms with Crippen molar-refractivity contribution in [2.75, 3.05) is 6.61 Å². The van der Waals surface area contributed by atoms with Crippen LogP contribution in [0.1, 0.15) is 13.8 Å². The maximum atomic E-state index is 8.41. The maximum Gasteiger partial charge on any atom is 0.0491 e. The molecule has 0 saturated carbocycles. The first kappa shape index (κ1) is 6.70. The van der Waals surface area contributed by atoms with Crippen molar-refractivity contribution in [1.29, 1.82) is 0 Å². The van der Waals surface area contributed by atoms with Crippen LogP contribution in [0, 0.1) is 5.92 Å². The van der Waals surface area contributed by atoms with Crippen LogP contribution in [0.5, 0.6) is 0 Å². The highest BCUT2D eigenvalue weighted by molar-refractivity contribution is 4.81. The summed E-state index contributed by atoms with van der Waals surface area (Å²) >= 11 is 0. The molecule has 0 rings (SSSR count). The molecule has 0 aliphatic heterocycles. The minimum Gasteiger partial charge on any atom is -0.396 e. The molecular weight excluding hydrogens is 88.1 g/mol. The molecule has 1 nitrogen and oxygen atoms in total. The molecule has 0 saturated heterocycles. The van der Waals surface area contributed by atoms with E-state index in [9.17, 15) is 0 Å². The van der Waals surface area contributed by atoms with E-state index in [0.29, 0.717) is 5.92 Å². The number of rotatable bonds is 2. The van der Waals surface area contributed by atoms with Crippen molar-refractivity contribution in [3.63, 3.8) is 0 Å². The first-order chi connectivity index (χ1) is 3.31. The molecule has 1 atom stereocenters. The van der Waals surface area contributed by atoms with Gasteiger partial charge in [-0.2, -0.15) is 0 Å². The molecule has 0 radical (unpaired) electrons. The zero-order chi connectivity index (χ0) is 5.70. The van der Waals surface area contributed by atoms with E-state index in [1.54, 1.807) is 0 Å². The average Bonchev–Trinajstić information content (AvgIpc) is 1.68. The molecule has 0 aliphatic carbocycles. The summed E-state index contributed by atoms with van der Waals surface area (Å²) in [5.74, 6) is 0.324. The summed E-state index contributed by atoms with van der Waals surface area (Å²) in [6, 6.07) is 0. The summed E-state index contributed by atoms with van der Waals surface area (Å²) in [5, 5.41) is 8.41. The van der Waals surface area contributed by atoms with Crippen molar-refractivity contribution < 1.29 is 5.11 Å². The lowest BCUT2D eigenvalue weighted by atomic mass is 10.2. The van der Waals surface area contributed by atoms with E-state index < -0.39 is 0 Å². The minimum atomic E-state index is 0.254. The van der Waals surface area contributed by atoms with Crippen molar-refractivity contribution in [2.45, 2.75) is 13.8 Å². The van der Waals surface area contributed by atoms with Gasteiger partial charge in [0.2, 0.25) is 0 Å². The number of hydrogen-bond acceptors (Lipinski definition) is 1. The van der Waals surface area contributed by atoms with Gasteiger partial charge < -0.3 is 5.11 Å². The van der Waals surface area contributed by atoms with Crippen LogP contribution in [0.2, 0.25) is 0 Å². The Morgan fingerprint density at radius 2 is 2.29 bits per heavy atom. The van der Waals surface area contributed by atoms with Crippen LogP contribution in [-0.2, 0) is 0 Å². The molecule has 1 heteroatoms. The third kappa shape index (κ3) is 3.53. The largest absolute Gasteiger partial charge is 0.396 e. The molecule has 0 aliphatic rings. The maximum absolute atomic E-state index is 8.41. The number of allylic oxidation sites excluding steroid dienone is 1. The Morgan fingerprint density at radius 3 is 2.43 bits per heavy atom. The molecule has 0 aromatic heterocycles. The van der Waals surface area contributed by atoms with Crippen molar-refractivity contribution in [3.05, 3.63) is 12.2 Å². The second-order valence-electron chi connectivity index (χ2n) is 1.69. The van der Waals surface area contributed by atoms with Crippen molar-refractivity contribution in [3.8, 4) is 0 Å². The van der Waals surface area contributed by atoms with E-state index in [0.717, 1.165) is 0 Å². The van der Waals surface area contributed by atoms with E-state index in [1.807, 2.05) is 26.0 Å². The van der Waals surface area contributed by atoms with Crippen LogP contribution in [-0.4, -0.2) is 11.7 Å². The second-order valence-corrected chi connectivity index (χ2v) is 1.69. The topological polar surface area (TPSA) is 20.2 Å². The molecule has 0 unspecified atom stereocenters. The van der Waals surface area contributed by atoms with E-state index in [1.165, 1.54) is 0 Å². The zero-order valence-electron chi connectivity index (χ0n) is 4.89.